The number of aromatic nitrogens is 1. The zero-order chi connectivity index (χ0) is 25.3. The predicted octanol–water partition coefficient (Wildman–Crippen LogP) is 8.12. The van der Waals surface area contributed by atoms with Crippen LogP contribution in [0.5, 0.6) is 0 Å². The smallest absolute Gasteiger partial charge is 0.157 e. The molecule has 0 atom stereocenters. The van der Waals surface area contributed by atoms with E-state index >= 15 is 0 Å². The second-order valence-corrected chi connectivity index (χ2v) is 9.37. The summed E-state index contributed by atoms with van der Waals surface area (Å²) in [5.41, 5.74) is 6.38. The number of pyridine rings is 1. The molecule has 5 nitrogen and oxygen atoms in total. The highest BCUT2D eigenvalue weighted by Gasteiger charge is 2.19. The number of para-hydroxylation sites is 1. The van der Waals surface area contributed by atoms with Gasteiger partial charge in [-0.25, -0.2) is 4.98 Å². The fourth-order valence-corrected chi connectivity index (χ4v) is 4.73. The van der Waals surface area contributed by atoms with Crippen molar-refractivity contribution in [3.8, 4) is 0 Å². The van der Waals surface area contributed by atoms with Crippen LogP contribution in [0.1, 0.15) is 56.6 Å². The van der Waals surface area contributed by atoms with Gasteiger partial charge >= 0.3 is 0 Å². The number of amidine groups is 1. The second-order valence-electron chi connectivity index (χ2n) is 9.37. The third kappa shape index (κ3) is 6.28. The summed E-state index contributed by atoms with van der Waals surface area (Å²) < 4.78 is 0. The number of anilines is 2. The number of aliphatic imine (C=N–C) groups is 1. The normalized spacial score (nSPS) is 14.8. The monoisotopic (exact) mass is 479 g/mol. The first-order chi connectivity index (χ1) is 17.6. The number of rotatable bonds is 8. The maximum absolute atomic E-state index is 7.72. The van der Waals surface area contributed by atoms with Crippen LogP contribution in [0.15, 0.2) is 71.8 Å². The molecule has 0 radical (unpaired) electrons. The topological polar surface area (TPSA) is 73.2 Å². The van der Waals surface area contributed by atoms with Crippen LogP contribution in [-0.4, -0.2) is 23.6 Å². The Morgan fingerprint density at radius 1 is 1.08 bits per heavy atom. The average molecular weight is 480 g/mol. The highest BCUT2D eigenvalue weighted by molar-refractivity contribution is 5.96. The molecule has 0 saturated carbocycles. The van der Waals surface area contributed by atoms with E-state index in [-0.39, 0.29) is 0 Å². The molecule has 0 unspecified atom stereocenters. The van der Waals surface area contributed by atoms with Gasteiger partial charge in [-0.15, -0.1) is 0 Å². The molecule has 1 aromatic heterocycles. The fraction of sp³-hybridized carbons (Fsp3) is 0.323. The highest BCUT2D eigenvalue weighted by Crippen LogP contribution is 2.36. The van der Waals surface area contributed by atoms with Gasteiger partial charge in [0.05, 0.1) is 5.52 Å². The molecule has 1 heterocycles. The Morgan fingerprint density at radius 3 is 2.50 bits per heavy atom. The summed E-state index contributed by atoms with van der Waals surface area (Å²) in [5.74, 6) is 1.69. The van der Waals surface area contributed by atoms with E-state index in [0.717, 1.165) is 77.7 Å². The van der Waals surface area contributed by atoms with Crippen LogP contribution < -0.4 is 10.6 Å². The molecule has 0 aliphatic heterocycles. The van der Waals surface area contributed by atoms with Crippen molar-refractivity contribution in [3.63, 3.8) is 0 Å². The van der Waals surface area contributed by atoms with Gasteiger partial charge in [-0.3, -0.25) is 10.4 Å². The zero-order valence-corrected chi connectivity index (χ0v) is 21.6. The minimum atomic E-state index is 0.378. The zero-order valence-electron chi connectivity index (χ0n) is 21.6. The lowest BCUT2D eigenvalue weighted by atomic mass is 9.91. The number of hydrogen-bond donors (Lipinski definition) is 3. The first-order valence-electron chi connectivity index (χ1n) is 13.0. The lowest BCUT2D eigenvalue weighted by molar-refractivity contribution is 0.591. The summed E-state index contributed by atoms with van der Waals surface area (Å²) >= 11 is 0. The number of benzene rings is 2. The maximum atomic E-state index is 7.72. The summed E-state index contributed by atoms with van der Waals surface area (Å²) in [4.78, 5) is 10.4. The summed E-state index contributed by atoms with van der Waals surface area (Å²) in [7, 11) is 1.75. The van der Waals surface area contributed by atoms with E-state index in [9.17, 15) is 0 Å². The van der Waals surface area contributed by atoms with Crippen molar-refractivity contribution in [2.24, 2.45) is 10.9 Å². The van der Waals surface area contributed by atoms with Crippen molar-refractivity contribution < 1.29 is 0 Å². The van der Waals surface area contributed by atoms with E-state index in [1.54, 1.807) is 13.1 Å². The molecule has 5 heteroatoms. The Hall–Kier alpha value is -3.73. The Balaban J connectivity index is 1.72. The molecule has 1 aliphatic rings. The first-order valence-corrected chi connectivity index (χ1v) is 13.0. The van der Waals surface area contributed by atoms with Gasteiger partial charge in [0.15, 0.2) is 5.82 Å². The Kier molecular flexibility index (Phi) is 8.66. The minimum absolute atomic E-state index is 0.378. The Bertz CT molecular complexity index is 1270. The third-order valence-electron chi connectivity index (χ3n) is 6.77. The molecule has 3 N–H and O–H groups in total. The summed E-state index contributed by atoms with van der Waals surface area (Å²) in [6.07, 6.45) is 15.0. The van der Waals surface area contributed by atoms with E-state index in [1.807, 2.05) is 36.4 Å². The van der Waals surface area contributed by atoms with Crippen molar-refractivity contribution in [3.05, 3.63) is 77.9 Å². The molecule has 2 aromatic carbocycles. The van der Waals surface area contributed by atoms with Crippen LogP contribution >= 0.6 is 0 Å². The standard InChI is InChI=1S/C31H37N5/c1-4-11-27(24-12-7-5-6-8-13-24)35-30-22(2)26-14-9-10-15-28(26)36-31(30)34-25-19-16-23(17-20-25)18-21-29(32)33-3/h5-6,9-10,14-21,24H,4,7-8,11-13H2,1-3H3,(H2,32,33)(H,34,36)/b21-18+,35-27+. The number of nitrogens with one attached hydrogen (secondary N) is 3. The molecule has 186 valence electrons. The van der Waals surface area contributed by atoms with Crippen LogP contribution in [-0.2, 0) is 0 Å². The molecule has 0 spiro atoms. The Labute approximate surface area is 215 Å². The molecular formula is C31H37N5. The van der Waals surface area contributed by atoms with Crippen LogP contribution in [0.4, 0.5) is 17.2 Å². The van der Waals surface area contributed by atoms with E-state index in [0.29, 0.717) is 11.8 Å². The van der Waals surface area contributed by atoms with Crippen molar-refractivity contribution in [1.82, 2.24) is 10.3 Å². The molecule has 1 aliphatic carbocycles. The number of nitrogens with zero attached hydrogens (tertiary/aromatic N) is 2. The lowest BCUT2D eigenvalue weighted by Gasteiger charge is -2.19. The number of fused-ring (bicyclic) bond motifs is 1. The lowest BCUT2D eigenvalue weighted by Crippen LogP contribution is -2.14. The van der Waals surface area contributed by atoms with Gasteiger partial charge in [0.1, 0.15) is 11.5 Å². The SMILES string of the molecule is CCC/C(=N\c1c(Nc2ccc(/C=C/C(=N)NC)cc2)nc2ccccc2c1C)C1CCC=CCC1. The number of aryl methyl sites for hydroxylation is 1. The molecular weight excluding hydrogens is 442 g/mol. The van der Waals surface area contributed by atoms with Crippen LogP contribution in [0, 0.1) is 18.3 Å². The quantitative estimate of drug-likeness (QED) is 0.173. The summed E-state index contributed by atoms with van der Waals surface area (Å²) in [6, 6.07) is 16.5. The largest absolute Gasteiger partial charge is 0.374 e. The highest BCUT2D eigenvalue weighted by atomic mass is 15.0. The molecule has 0 bridgehead atoms. The van der Waals surface area contributed by atoms with Crippen molar-refractivity contribution >= 4 is 45.7 Å². The van der Waals surface area contributed by atoms with Crippen molar-refractivity contribution in [1.29, 1.82) is 5.41 Å². The Morgan fingerprint density at radius 2 is 1.81 bits per heavy atom. The number of allylic oxidation sites excluding steroid dienone is 2. The van der Waals surface area contributed by atoms with Gasteiger partial charge < -0.3 is 10.6 Å². The number of hydrogen-bond acceptors (Lipinski definition) is 4. The van der Waals surface area contributed by atoms with E-state index in [2.05, 4.69) is 54.8 Å². The maximum Gasteiger partial charge on any atom is 0.157 e. The van der Waals surface area contributed by atoms with Gasteiger partial charge in [0.2, 0.25) is 0 Å². The van der Waals surface area contributed by atoms with Gasteiger partial charge in [-0.05, 0) is 80.3 Å². The third-order valence-corrected chi connectivity index (χ3v) is 6.77. The average Bonchev–Trinajstić information content (AvgIpc) is 3.19. The molecule has 4 rings (SSSR count). The van der Waals surface area contributed by atoms with Crippen LogP contribution in [0.2, 0.25) is 0 Å². The van der Waals surface area contributed by atoms with Gasteiger partial charge in [-0.1, -0.05) is 61.9 Å². The molecule has 0 fully saturated rings. The molecule has 0 saturated heterocycles. The van der Waals surface area contributed by atoms with Gasteiger partial charge in [0, 0.05) is 23.8 Å². The molecule has 0 amide bonds. The van der Waals surface area contributed by atoms with Crippen molar-refractivity contribution in [2.75, 3.05) is 12.4 Å². The second kappa shape index (κ2) is 12.3. The number of likely N-dealkylation sites (N-methyl/N-ethyl adjacent to an activating group) is 1. The van der Waals surface area contributed by atoms with Gasteiger partial charge in [-0.2, -0.15) is 0 Å². The molecule has 36 heavy (non-hydrogen) atoms. The van der Waals surface area contributed by atoms with E-state index in [4.69, 9.17) is 15.4 Å². The van der Waals surface area contributed by atoms with Crippen LogP contribution in [0.25, 0.3) is 17.0 Å². The van der Waals surface area contributed by atoms with Gasteiger partial charge in [0.25, 0.3) is 0 Å². The summed E-state index contributed by atoms with van der Waals surface area (Å²) in [5, 5.41) is 15.2. The molecule has 3 aromatic rings. The first kappa shape index (κ1) is 25.4. The van der Waals surface area contributed by atoms with E-state index < -0.39 is 0 Å². The van der Waals surface area contributed by atoms with Crippen LogP contribution in [0.3, 0.4) is 0 Å². The fourth-order valence-electron chi connectivity index (χ4n) is 4.73. The predicted molar refractivity (Wildman–Crippen MR) is 155 cm³/mol. The van der Waals surface area contributed by atoms with E-state index in [1.165, 1.54) is 5.71 Å². The van der Waals surface area contributed by atoms with Crippen molar-refractivity contribution in [2.45, 2.75) is 52.4 Å². The minimum Gasteiger partial charge on any atom is -0.374 e. The summed E-state index contributed by atoms with van der Waals surface area (Å²) in [6.45, 7) is 4.40.